The number of nitrogens with one attached hydrogen (secondary N) is 1. The number of amides is 3. The third-order valence-corrected chi connectivity index (χ3v) is 1.59. The number of nitrogen functional groups attached to an aromatic ring is 1. The maximum absolute atomic E-state index is 11.3. The van der Waals surface area contributed by atoms with Gasteiger partial charge in [-0.2, -0.15) is 0 Å². The molecule has 5 N–H and O–H groups in total. The van der Waals surface area contributed by atoms with Gasteiger partial charge in [-0.1, -0.05) is 0 Å². The molecule has 90 valence electrons. The largest absolute Gasteiger partial charge is 0.451 e. The van der Waals surface area contributed by atoms with Crippen LogP contribution in [0.3, 0.4) is 0 Å². The zero-order chi connectivity index (χ0) is 12.8. The molecule has 1 aromatic heterocycles. The Kier molecular flexibility index (Phi) is 3.98. The molecule has 0 fully saturated rings. The van der Waals surface area contributed by atoms with E-state index in [4.69, 9.17) is 5.73 Å². The Morgan fingerprint density at radius 3 is 2.59 bits per heavy atom. The van der Waals surface area contributed by atoms with E-state index < -0.39 is 24.5 Å². The summed E-state index contributed by atoms with van der Waals surface area (Å²) < 4.78 is 4.57. The Bertz CT molecular complexity index is 443. The SMILES string of the molecule is NC(=O)NC(=O)COC(=O)c1ccc(N)cn1. The molecule has 3 amide bonds. The maximum atomic E-state index is 11.3. The van der Waals surface area contributed by atoms with Crippen molar-refractivity contribution in [3.05, 3.63) is 24.0 Å². The molecule has 17 heavy (non-hydrogen) atoms. The maximum Gasteiger partial charge on any atom is 0.357 e. The van der Waals surface area contributed by atoms with Gasteiger partial charge in [0.15, 0.2) is 6.61 Å². The molecule has 0 saturated heterocycles. The highest BCUT2D eigenvalue weighted by Crippen LogP contribution is 2.02. The lowest BCUT2D eigenvalue weighted by Gasteiger charge is -2.03. The van der Waals surface area contributed by atoms with Crippen molar-refractivity contribution >= 4 is 23.6 Å². The summed E-state index contributed by atoms with van der Waals surface area (Å²) in [7, 11) is 0. The molecule has 0 unspecified atom stereocenters. The van der Waals surface area contributed by atoms with Crippen molar-refractivity contribution in [1.82, 2.24) is 10.3 Å². The summed E-state index contributed by atoms with van der Waals surface area (Å²) in [5.41, 5.74) is 10.5. The molecule has 0 spiro atoms. The van der Waals surface area contributed by atoms with E-state index in [-0.39, 0.29) is 5.69 Å². The first-order valence-corrected chi connectivity index (χ1v) is 4.47. The first-order chi connectivity index (χ1) is 7.99. The fraction of sp³-hybridized carbons (Fsp3) is 0.111. The Balaban J connectivity index is 2.47. The average Bonchev–Trinajstić information content (AvgIpc) is 2.26. The van der Waals surface area contributed by atoms with E-state index in [2.05, 4.69) is 15.5 Å². The van der Waals surface area contributed by atoms with E-state index >= 15 is 0 Å². The second-order valence-electron chi connectivity index (χ2n) is 2.97. The minimum Gasteiger partial charge on any atom is -0.451 e. The lowest BCUT2D eigenvalue weighted by Crippen LogP contribution is -2.37. The van der Waals surface area contributed by atoms with Crippen LogP contribution in [0, 0.1) is 0 Å². The van der Waals surface area contributed by atoms with Crippen LogP contribution < -0.4 is 16.8 Å². The molecule has 0 radical (unpaired) electrons. The Hall–Kier alpha value is -2.64. The smallest absolute Gasteiger partial charge is 0.357 e. The Morgan fingerprint density at radius 1 is 1.35 bits per heavy atom. The molecule has 1 heterocycles. The van der Waals surface area contributed by atoms with Crippen molar-refractivity contribution in [2.24, 2.45) is 5.73 Å². The van der Waals surface area contributed by atoms with Crippen LogP contribution in [0.1, 0.15) is 10.5 Å². The van der Waals surface area contributed by atoms with Gasteiger partial charge in [-0.05, 0) is 12.1 Å². The number of primary amides is 1. The highest BCUT2D eigenvalue weighted by Gasteiger charge is 2.11. The van der Waals surface area contributed by atoms with Crippen LogP contribution in [0.15, 0.2) is 18.3 Å². The minimum atomic E-state index is -1.02. The number of pyridine rings is 1. The van der Waals surface area contributed by atoms with Crippen molar-refractivity contribution < 1.29 is 19.1 Å². The summed E-state index contributed by atoms with van der Waals surface area (Å²) in [5.74, 6) is -1.62. The van der Waals surface area contributed by atoms with Gasteiger partial charge < -0.3 is 16.2 Å². The van der Waals surface area contributed by atoms with Crippen LogP contribution >= 0.6 is 0 Å². The number of esters is 1. The molecule has 1 rings (SSSR count). The Labute approximate surface area is 95.9 Å². The number of rotatable bonds is 3. The van der Waals surface area contributed by atoms with Crippen LogP contribution in [0.4, 0.5) is 10.5 Å². The Morgan fingerprint density at radius 2 is 2.06 bits per heavy atom. The van der Waals surface area contributed by atoms with Gasteiger partial charge in [0.25, 0.3) is 5.91 Å². The normalized spacial score (nSPS) is 9.41. The number of hydrogen-bond acceptors (Lipinski definition) is 6. The lowest BCUT2D eigenvalue weighted by molar-refractivity contribution is -0.123. The van der Waals surface area contributed by atoms with E-state index in [9.17, 15) is 14.4 Å². The first kappa shape index (κ1) is 12.4. The average molecular weight is 238 g/mol. The molecular weight excluding hydrogens is 228 g/mol. The van der Waals surface area contributed by atoms with Crippen LogP contribution in [0.2, 0.25) is 0 Å². The number of hydrogen-bond donors (Lipinski definition) is 3. The molecule has 0 aliphatic heterocycles. The van der Waals surface area contributed by atoms with Gasteiger partial charge in [0, 0.05) is 0 Å². The summed E-state index contributed by atoms with van der Waals surface area (Å²) in [5, 5.41) is 1.74. The molecule has 0 aromatic carbocycles. The fourth-order valence-corrected chi connectivity index (χ4v) is 0.905. The standard InChI is InChI=1S/C9H10N4O4/c10-5-1-2-6(12-3-5)8(15)17-4-7(14)13-9(11)16/h1-3H,4,10H2,(H3,11,13,14,16). The van der Waals surface area contributed by atoms with Crippen molar-refractivity contribution in [1.29, 1.82) is 0 Å². The molecule has 0 bridgehead atoms. The van der Waals surface area contributed by atoms with Crippen LogP contribution in [-0.2, 0) is 9.53 Å². The minimum absolute atomic E-state index is 0.00563. The number of imide groups is 1. The van der Waals surface area contributed by atoms with Gasteiger partial charge in [-0.25, -0.2) is 14.6 Å². The molecule has 8 heteroatoms. The summed E-state index contributed by atoms with van der Waals surface area (Å²) in [6.45, 7) is -0.617. The molecule has 8 nitrogen and oxygen atoms in total. The van der Waals surface area contributed by atoms with E-state index in [1.54, 1.807) is 5.32 Å². The van der Waals surface area contributed by atoms with Crippen LogP contribution in [0.5, 0.6) is 0 Å². The van der Waals surface area contributed by atoms with E-state index in [1.807, 2.05) is 0 Å². The molecule has 1 aromatic rings. The molecule has 0 saturated carbocycles. The predicted octanol–water partition coefficient (Wildman–Crippen LogP) is -0.984. The number of carbonyl (C=O) groups is 3. The fourth-order valence-electron chi connectivity index (χ4n) is 0.905. The second-order valence-corrected chi connectivity index (χ2v) is 2.97. The van der Waals surface area contributed by atoms with Gasteiger partial charge in [0.2, 0.25) is 0 Å². The molecule has 0 atom stereocenters. The third kappa shape index (κ3) is 4.16. The summed E-state index contributed by atoms with van der Waals surface area (Å²) in [4.78, 5) is 36.2. The quantitative estimate of drug-likeness (QED) is 0.578. The summed E-state index contributed by atoms with van der Waals surface area (Å²) in [6, 6.07) is 1.80. The number of anilines is 1. The van der Waals surface area contributed by atoms with Crippen LogP contribution in [0.25, 0.3) is 0 Å². The van der Waals surface area contributed by atoms with Crippen molar-refractivity contribution in [2.45, 2.75) is 0 Å². The third-order valence-electron chi connectivity index (χ3n) is 1.59. The van der Waals surface area contributed by atoms with Crippen molar-refractivity contribution in [2.75, 3.05) is 12.3 Å². The van der Waals surface area contributed by atoms with E-state index in [1.165, 1.54) is 18.3 Å². The van der Waals surface area contributed by atoms with E-state index in [0.717, 1.165) is 0 Å². The van der Waals surface area contributed by atoms with E-state index in [0.29, 0.717) is 5.69 Å². The van der Waals surface area contributed by atoms with Crippen LogP contribution in [-0.4, -0.2) is 29.5 Å². The molecule has 0 aliphatic rings. The summed E-state index contributed by atoms with van der Waals surface area (Å²) >= 11 is 0. The number of nitrogens with zero attached hydrogens (tertiary/aromatic N) is 1. The molecular formula is C9H10N4O4. The number of aromatic nitrogens is 1. The summed E-state index contributed by atoms with van der Waals surface area (Å²) in [6.07, 6.45) is 1.28. The number of nitrogens with two attached hydrogens (primary N) is 2. The van der Waals surface area contributed by atoms with Crippen molar-refractivity contribution in [3.63, 3.8) is 0 Å². The lowest BCUT2D eigenvalue weighted by atomic mass is 10.3. The van der Waals surface area contributed by atoms with Gasteiger partial charge >= 0.3 is 12.0 Å². The zero-order valence-corrected chi connectivity index (χ0v) is 8.67. The van der Waals surface area contributed by atoms with Gasteiger partial charge in [-0.3, -0.25) is 10.1 Å². The topological polar surface area (TPSA) is 137 Å². The second kappa shape index (κ2) is 5.45. The number of ether oxygens (including phenoxy) is 1. The first-order valence-electron chi connectivity index (χ1n) is 4.47. The van der Waals surface area contributed by atoms with Gasteiger partial charge in [-0.15, -0.1) is 0 Å². The van der Waals surface area contributed by atoms with Crippen molar-refractivity contribution in [3.8, 4) is 0 Å². The highest BCUT2D eigenvalue weighted by atomic mass is 16.5. The van der Waals surface area contributed by atoms with Gasteiger partial charge in [0.1, 0.15) is 5.69 Å². The van der Waals surface area contributed by atoms with Gasteiger partial charge in [0.05, 0.1) is 11.9 Å². The molecule has 0 aliphatic carbocycles. The predicted molar refractivity (Wildman–Crippen MR) is 56.7 cm³/mol. The number of urea groups is 1. The monoisotopic (exact) mass is 238 g/mol. The zero-order valence-electron chi connectivity index (χ0n) is 8.67. The highest BCUT2D eigenvalue weighted by molar-refractivity contribution is 5.96. The number of carbonyl (C=O) groups excluding carboxylic acids is 3.